The zero-order chi connectivity index (χ0) is 14.7. The number of methoxy groups -OCH3 is 2. The second-order valence-corrected chi connectivity index (χ2v) is 4.11. The fourth-order valence-electron chi connectivity index (χ4n) is 2.04. The lowest BCUT2D eigenvalue weighted by Crippen LogP contribution is -2.02. The number of rotatable bonds is 6. The molecule has 0 unspecified atom stereocenters. The minimum Gasteiger partial charge on any atom is -0.490 e. The third-order valence-electron chi connectivity index (χ3n) is 2.87. The van der Waals surface area contributed by atoms with Gasteiger partial charge in [-0.25, -0.2) is 0 Å². The molecule has 0 saturated heterocycles. The maximum atomic E-state index is 11.7. The number of fused-ring (bicyclic) bond motifs is 1. The van der Waals surface area contributed by atoms with E-state index in [2.05, 4.69) is 6.58 Å². The van der Waals surface area contributed by atoms with Crippen molar-refractivity contribution in [2.24, 2.45) is 0 Å². The summed E-state index contributed by atoms with van der Waals surface area (Å²) in [5.41, 5.74) is 1.83. The van der Waals surface area contributed by atoms with Crippen LogP contribution in [0.3, 0.4) is 0 Å². The van der Waals surface area contributed by atoms with E-state index in [1.807, 2.05) is 0 Å². The monoisotopic (exact) mass is 276 g/mol. The molecule has 1 heterocycles. The number of carbonyl (C=O) groups is 1. The van der Waals surface area contributed by atoms with Crippen molar-refractivity contribution in [2.75, 3.05) is 20.8 Å². The lowest BCUT2D eigenvalue weighted by molar-refractivity contribution is 0.101. The predicted molar refractivity (Wildman–Crippen MR) is 74.1 cm³/mol. The Balaban J connectivity index is 2.71. The highest BCUT2D eigenvalue weighted by atomic mass is 16.7. The second kappa shape index (κ2) is 5.69. The van der Waals surface area contributed by atoms with E-state index < -0.39 is 0 Å². The molecule has 0 amide bonds. The zero-order valence-electron chi connectivity index (χ0n) is 11.7. The molecule has 2 aliphatic rings. The first-order valence-corrected chi connectivity index (χ1v) is 6.06. The van der Waals surface area contributed by atoms with Crippen LogP contribution in [0, 0.1) is 0 Å². The summed E-state index contributed by atoms with van der Waals surface area (Å²) in [4.78, 5) is 11.7. The van der Waals surface area contributed by atoms with Crippen molar-refractivity contribution in [3.8, 4) is 28.8 Å². The Morgan fingerprint density at radius 2 is 2.05 bits per heavy atom. The quantitative estimate of drug-likeness (QED) is 0.599. The van der Waals surface area contributed by atoms with Gasteiger partial charge in [0.15, 0.2) is 5.78 Å². The molecule has 0 aromatic heterocycles. The first-order valence-electron chi connectivity index (χ1n) is 6.06. The number of ether oxygens (including phenoxy) is 3. The van der Waals surface area contributed by atoms with Crippen LogP contribution in [0.4, 0.5) is 0 Å². The van der Waals surface area contributed by atoms with E-state index in [0.29, 0.717) is 22.4 Å². The molecule has 0 N–H and O–H groups in total. The Morgan fingerprint density at radius 1 is 1.30 bits per heavy atom. The fourth-order valence-corrected chi connectivity index (χ4v) is 2.04. The van der Waals surface area contributed by atoms with E-state index >= 15 is 0 Å². The average Bonchev–Trinajstić information content (AvgIpc) is 2.88. The number of hydrogen-bond donors (Lipinski definition) is 0. The van der Waals surface area contributed by atoms with Crippen LogP contribution in [0.2, 0.25) is 0 Å². The van der Waals surface area contributed by atoms with Crippen LogP contribution >= 0.6 is 0 Å². The topological polar surface area (TPSA) is 57.9 Å². The van der Waals surface area contributed by atoms with Crippen molar-refractivity contribution >= 4 is 5.78 Å². The Bertz CT molecular complexity index is 611. The Labute approximate surface area is 117 Å². The summed E-state index contributed by atoms with van der Waals surface area (Å²) in [6, 6.07) is 3.47. The van der Waals surface area contributed by atoms with E-state index in [-0.39, 0.29) is 24.3 Å². The summed E-state index contributed by atoms with van der Waals surface area (Å²) in [5.74, 6) is 0.733. The van der Waals surface area contributed by atoms with Crippen LogP contribution < -0.4 is 14.2 Å². The van der Waals surface area contributed by atoms with E-state index in [1.54, 1.807) is 18.2 Å². The third kappa shape index (κ3) is 2.22. The molecule has 0 fully saturated rings. The minimum atomic E-state index is -0.0683. The van der Waals surface area contributed by atoms with E-state index in [1.165, 1.54) is 21.1 Å². The summed E-state index contributed by atoms with van der Waals surface area (Å²) >= 11 is 0. The van der Waals surface area contributed by atoms with Crippen molar-refractivity contribution in [2.45, 2.75) is 6.92 Å². The van der Waals surface area contributed by atoms with Crippen LogP contribution in [0.25, 0.3) is 11.1 Å². The predicted octanol–water partition coefficient (Wildman–Crippen LogP) is 3.17. The molecule has 0 bridgehead atoms. The second-order valence-electron chi connectivity index (χ2n) is 4.11. The van der Waals surface area contributed by atoms with E-state index in [0.717, 1.165) is 0 Å². The smallest absolute Gasteiger partial charge is 0.332 e. The van der Waals surface area contributed by atoms with Gasteiger partial charge in [0.1, 0.15) is 6.61 Å². The molecular formula is C15H16O5. The highest BCUT2D eigenvalue weighted by Crippen LogP contribution is 2.48. The van der Waals surface area contributed by atoms with Crippen molar-refractivity contribution in [3.05, 3.63) is 30.4 Å². The third-order valence-corrected chi connectivity index (χ3v) is 2.87. The molecule has 5 heteroatoms. The van der Waals surface area contributed by atoms with Gasteiger partial charge in [0, 0.05) is 11.1 Å². The molecule has 0 atom stereocenters. The highest BCUT2D eigenvalue weighted by molar-refractivity contribution is 6.04. The molecule has 1 aliphatic carbocycles. The number of ketones is 1. The van der Waals surface area contributed by atoms with Gasteiger partial charge in [0.2, 0.25) is 5.75 Å². The van der Waals surface area contributed by atoms with Crippen LogP contribution in [0.15, 0.2) is 29.2 Å². The molecule has 0 radical (unpaired) electrons. The zero-order valence-corrected chi connectivity index (χ0v) is 11.7. The number of carbonyl (C=O) groups excluding carboxylic acids is 1. The van der Waals surface area contributed by atoms with Gasteiger partial charge in [-0.3, -0.25) is 4.79 Å². The summed E-state index contributed by atoms with van der Waals surface area (Å²) in [6.45, 7) is 5.33. The summed E-state index contributed by atoms with van der Waals surface area (Å²) < 4.78 is 21.5. The molecule has 106 valence electrons. The standard InChI is InChI=1S/C15H16O5/c1-5-8-19-15-13(17-3)12-10(9(2)16)6-7-11(12)14(18-4)20-15/h5-7H,1,8H2,2-4H3. The van der Waals surface area contributed by atoms with Gasteiger partial charge in [-0.2, -0.15) is 0 Å². The van der Waals surface area contributed by atoms with Gasteiger partial charge >= 0.3 is 5.95 Å². The van der Waals surface area contributed by atoms with Gasteiger partial charge in [-0.05, 0) is 19.1 Å². The number of hydrogen-bond acceptors (Lipinski definition) is 5. The fraction of sp³-hybridized carbons (Fsp3) is 0.267. The van der Waals surface area contributed by atoms with Crippen molar-refractivity contribution in [1.29, 1.82) is 0 Å². The van der Waals surface area contributed by atoms with Gasteiger partial charge in [-0.1, -0.05) is 12.7 Å². The van der Waals surface area contributed by atoms with Gasteiger partial charge in [0.05, 0.1) is 19.8 Å². The molecule has 0 saturated carbocycles. The van der Waals surface area contributed by atoms with Crippen molar-refractivity contribution < 1.29 is 23.4 Å². The Morgan fingerprint density at radius 3 is 2.60 bits per heavy atom. The highest BCUT2D eigenvalue weighted by Gasteiger charge is 2.28. The maximum Gasteiger partial charge on any atom is 0.332 e. The van der Waals surface area contributed by atoms with Crippen molar-refractivity contribution in [1.82, 2.24) is 0 Å². The summed E-state index contributed by atoms with van der Waals surface area (Å²) in [6.07, 6.45) is 1.59. The first kappa shape index (κ1) is 14.0. The largest absolute Gasteiger partial charge is 0.490 e. The average molecular weight is 276 g/mol. The van der Waals surface area contributed by atoms with Crippen LogP contribution in [-0.2, 0) is 0 Å². The van der Waals surface area contributed by atoms with E-state index in [9.17, 15) is 4.79 Å². The van der Waals surface area contributed by atoms with Gasteiger partial charge in [0.25, 0.3) is 5.95 Å². The molecular weight excluding hydrogens is 260 g/mol. The van der Waals surface area contributed by atoms with Crippen molar-refractivity contribution in [3.63, 3.8) is 0 Å². The van der Waals surface area contributed by atoms with Gasteiger partial charge in [-0.15, -0.1) is 0 Å². The lowest BCUT2D eigenvalue weighted by atomic mass is 10.1. The molecule has 0 aromatic carbocycles. The first-order chi connectivity index (χ1) is 9.63. The molecule has 20 heavy (non-hydrogen) atoms. The molecule has 1 aliphatic heterocycles. The van der Waals surface area contributed by atoms with Crippen LogP contribution in [-0.4, -0.2) is 26.6 Å². The summed E-state index contributed by atoms with van der Waals surface area (Å²) in [7, 11) is 2.98. The Hall–Kier alpha value is -2.43. The normalized spacial score (nSPS) is 10.3. The Kier molecular flexibility index (Phi) is 3.98. The van der Waals surface area contributed by atoms with Crippen LogP contribution in [0.5, 0.6) is 17.6 Å². The molecule has 0 spiro atoms. The number of Topliss-reactive ketones (excluding diaryl/α,β-unsaturated/α-hetero) is 1. The lowest BCUT2D eigenvalue weighted by Gasteiger charge is -2.15. The molecule has 5 nitrogen and oxygen atoms in total. The van der Waals surface area contributed by atoms with Gasteiger partial charge < -0.3 is 18.6 Å². The van der Waals surface area contributed by atoms with Crippen LogP contribution in [0.1, 0.15) is 17.3 Å². The van der Waals surface area contributed by atoms with E-state index in [4.69, 9.17) is 18.6 Å². The minimum absolute atomic E-state index is 0.0683. The SMILES string of the molecule is C=CCOc1oc(OC)c2ccc(C(C)=O)c-2c1OC. The molecule has 0 aromatic rings. The maximum absolute atomic E-state index is 11.7. The summed E-state index contributed by atoms with van der Waals surface area (Å²) in [5, 5.41) is 0. The molecule has 2 rings (SSSR count).